The van der Waals surface area contributed by atoms with Crippen molar-refractivity contribution >= 4 is 0 Å². The monoisotopic (exact) mass is 535 g/mol. The Morgan fingerprint density at radius 1 is 0.526 bits per heavy atom. The molecule has 226 valence electrons. The van der Waals surface area contributed by atoms with Crippen LogP contribution in [0.5, 0.6) is 0 Å². The average molecular weight is 535 g/mol. The van der Waals surface area contributed by atoms with Crippen molar-refractivity contribution in [3.63, 3.8) is 0 Å². The summed E-state index contributed by atoms with van der Waals surface area (Å²) in [5, 5.41) is 0. The van der Waals surface area contributed by atoms with Gasteiger partial charge >= 0.3 is 0 Å². The van der Waals surface area contributed by atoms with Gasteiger partial charge < -0.3 is 9.47 Å². The molecule has 0 aliphatic rings. The molecule has 0 atom stereocenters. The van der Waals surface area contributed by atoms with Crippen LogP contribution in [0.3, 0.4) is 0 Å². The number of ether oxygens (including phenoxy) is 2. The summed E-state index contributed by atoms with van der Waals surface area (Å²) < 4.78 is 12.4. The van der Waals surface area contributed by atoms with Gasteiger partial charge in [-0.25, -0.2) is 0 Å². The molecule has 0 N–H and O–H groups in total. The molecule has 38 heavy (non-hydrogen) atoms. The molecule has 0 bridgehead atoms. The van der Waals surface area contributed by atoms with E-state index < -0.39 is 0 Å². The van der Waals surface area contributed by atoms with Crippen LogP contribution in [0.2, 0.25) is 0 Å². The molecule has 0 fully saturated rings. The van der Waals surface area contributed by atoms with E-state index >= 15 is 0 Å². The maximum atomic E-state index is 6.21. The second-order valence-electron chi connectivity index (χ2n) is 13.0. The van der Waals surface area contributed by atoms with Crippen LogP contribution < -0.4 is 0 Å². The van der Waals surface area contributed by atoms with Gasteiger partial charge in [-0.3, -0.25) is 0 Å². The third-order valence-corrected chi connectivity index (χ3v) is 7.43. The molecule has 0 saturated heterocycles. The van der Waals surface area contributed by atoms with Gasteiger partial charge in [0.05, 0.1) is 13.2 Å². The van der Waals surface area contributed by atoms with E-state index in [-0.39, 0.29) is 6.29 Å². The summed E-state index contributed by atoms with van der Waals surface area (Å²) >= 11 is 0. The van der Waals surface area contributed by atoms with Crippen molar-refractivity contribution < 1.29 is 9.47 Å². The zero-order valence-corrected chi connectivity index (χ0v) is 27.3. The molecular weight excluding hydrogens is 464 g/mol. The highest BCUT2D eigenvalue weighted by Crippen LogP contribution is 2.15. The van der Waals surface area contributed by atoms with Crippen LogP contribution in [0, 0.1) is 11.8 Å². The fraction of sp³-hybridized carbons (Fsp3) is 0.889. The van der Waals surface area contributed by atoms with Crippen molar-refractivity contribution in [1.82, 2.24) is 0 Å². The van der Waals surface area contributed by atoms with Gasteiger partial charge in [0, 0.05) is 0 Å². The largest absolute Gasteiger partial charge is 0.349 e. The Bertz CT molecular complexity index is 512. The van der Waals surface area contributed by atoms with Crippen LogP contribution in [-0.4, -0.2) is 19.5 Å². The molecule has 0 aromatic rings. The lowest BCUT2D eigenvalue weighted by molar-refractivity contribution is -0.113. The van der Waals surface area contributed by atoms with Gasteiger partial charge in [0.2, 0.25) is 0 Å². The van der Waals surface area contributed by atoms with Gasteiger partial charge in [0.15, 0.2) is 6.29 Å². The Hall–Kier alpha value is -0.600. The molecule has 0 heterocycles. The van der Waals surface area contributed by atoms with Gasteiger partial charge in [-0.1, -0.05) is 148 Å². The summed E-state index contributed by atoms with van der Waals surface area (Å²) in [6, 6.07) is 0. The summed E-state index contributed by atoms with van der Waals surface area (Å²) in [5.41, 5.74) is 2.77. The minimum Gasteiger partial charge on any atom is -0.349 e. The molecule has 0 aliphatic heterocycles. The molecular formula is C36H70O2. The standard InChI is InChI=1S/C36H70O2/c1-32(2)25-20-16-12-8-10-14-18-22-29-37-36(31-35(7)28-24-27-34(5)6)38-30-23-19-15-11-9-13-17-21-26-33(3)4/h27,31-33,36H,8-26,28-30H2,1-7H3/b35-31+. The van der Waals surface area contributed by atoms with Crippen molar-refractivity contribution in [2.75, 3.05) is 13.2 Å². The predicted octanol–water partition coefficient (Wildman–Crippen LogP) is 12.4. The van der Waals surface area contributed by atoms with Crippen molar-refractivity contribution in [2.45, 2.75) is 183 Å². The zero-order valence-electron chi connectivity index (χ0n) is 27.3. The summed E-state index contributed by atoms with van der Waals surface area (Å²) in [7, 11) is 0. The molecule has 0 amide bonds. The summed E-state index contributed by atoms with van der Waals surface area (Å²) in [6.45, 7) is 17.5. The third-order valence-electron chi connectivity index (χ3n) is 7.43. The molecule has 0 radical (unpaired) electrons. The highest BCUT2D eigenvalue weighted by molar-refractivity contribution is 5.03. The van der Waals surface area contributed by atoms with Crippen LogP contribution in [0.4, 0.5) is 0 Å². The first kappa shape index (κ1) is 37.4. The SMILES string of the molecule is CC(C)=CCC/C(C)=C/C(OCCCCCCCCCCC(C)C)OCCCCCCCCCCC(C)C. The Morgan fingerprint density at radius 2 is 0.895 bits per heavy atom. The maximum Gasteiger partial charge on any atom is 0.177 e. The van der Waals surface area contributed by atoms with E-state index in [4.69, 9.17) is 9.47 Å². The Morgan fingerprint density at radius 3 is 1.26 bits per heavy atom. The van der Waals surface area contributed by atoms with Crippen molar-refractivity contribution in [3.05, 3.63) is 23.3 Å². The number of hydrogen-bond donors (Lipinski definition) is 0. The lowest BCUT2D eigenvalue weighted by Gasteiger charge is -2.17. The van der Waals surface area contributed by atoms with Crippen LogP contribution in [0.15, 0.2) is 23.3 Å². The van der Waals surface area contributed by atoms with Gasteiger partial charge in [-0.05, 0) is 64.4 Å². The summed E-state index contributed by atoms with van der Waals surface area (Å²) in [6.07, 6.45) is 30.9. The molecule has 0 saturated carbocycles. The van der Waals surface area contributed by atoms with Gasteiger partial charge in [-0.15, -0.1) is 0 Å². The fourth-order valence-corrected chi connectivity index (χ4v) is 4.88. The fourth-order valence-electron chi connectivity index (χ4n) is 4.88. The highest BCUT2D eigenvalue weighted by atomic mass is 16.7. The Kier molecular flexibility index (Phi) is 27.5. The van der Waals surface area contributed by atoms with E-state index in [9.17, 15) is 0 Å². The Balaban J connectivity index is 4.07. The second-order valence-corrected chi connectivity index (χ2v) is 13.0. The van der Waals surface area contributed by atoms with Crippen molar-refractivity contribution in [3.8, 4) is 0 Å². The van der Waals surface area contributed by atoms with E-state index in [1.807, 2.05) is 0 Å². The second kappa shape index (κ2) is 27.9. The summed E-state index contributed by atoms with van der Waals surface area (Å²) in [5.74, 6) is 1.72. The first-order valence-electron chi connectivity index (χ1n) is 16.8. The van der Waals surface area contributed by atoms with Crippen molar-refractivity contribution in [1.29, 1.82) is 0 Å². The van der Waals surface area contributed by atoms with Gasteiger partial charge in [0.1, 0.15) is 0 Å². The number of allylic oxidation sites excluding steroid dienone is 3. The van der Waals surface area contributed by atoms with E-state index in [1.54, 1.807) is 0 Å². The van der Waals surface area contributed by atoms with Crippen LogP contribution in [0.25, 0.3) is 0 Å². The van der Waals surface area contributed by atoms with Crippen LogP contribution in [-0.2, 0) is 9.47 Å². The molecule has 2 nitrogen and oxygen atoms in total. The van der Waals surface area contributed by atoms with Crippen LogP contribution in [0.1, 0.15) is 177 Å². The predicted molar refractivity (Wildman–Crippen MR) is 171 cm³/mol. The highest BCUT2D eigenvalue weighted by Gasteiger charge is 2.07. The molecule has 2 heteroatoms. The molecule has 0 aromatic carbocycles. The quantitative estimate of drug-likeness (QED) is 0.0564. The lowest BCUT2D eigenvalue weighted by atomic mass is 10.0. The first-order valence-corrected chi connectivity index (χ1v) is 16.8. The molecule has 0 unspecified atom stereocenters. The van der Waals surface area contributed by atoms with Gasteiger partial charge in [-0.2, -0.15) is 0 Å². The zero-order chi connectivity index (χ0) is 28.3. The minimum absolute atomic E-state index is 0.177. The van der Waals surface area contributed by atoms with Gasteiger partial charge in [0.25, 0.3) is 0 Å². The third kappa shape index (κ3) is 29.9. The molecule has 0 aromatic heterocycles. The first-order chi connectivity index (χ1) is 18.3. The van der Waals surface area contributed by atoms with E-state index in [0.717, 1.165) is 50.7 Å². The number of hydrogen-bond acceptors (Lipinski definition) is 2. The average Bonchev–Trinajstić information content (AvgIpc) is 2.84. The van der Waals surface area contributed by atoms with Crippen molar-refractivity contribution in [2.24, 2.45) is 11.8 Å². The number of unbranched alkanes of at least 4 members (excludes halogenated alkanes) is 14. The van der Waals surface area contributed by atoms with Crippen LogP contribution >= 0.6 is 0 Å². The normalized spacial score (nSPS) is 12.3. The molecule has 0 spiro atoms. The lowest BCUT2D eigenvalue weighted by Crippen LogP contribution is -2.17. The smallest absolute Gasteiger partial charge is 0.177 e. The molecule has 0 rings (SSSR count). The molecule has 0 aliphatic carbocycles. The van der Waals surface area contributed by atoms with E-state index in [1.165, 1.54) is 114 Å². The maximum absolute atomic E-state index is 6.21. The topological polar surface area (TPSA) is 18.5 Å². The Labute approximate surface area is 240 Å². The van der Waals surface area contributed by atoms with E-state index in [2.05, 4.69) is 60.6 Å². The minimum atomic E-state index is -0.177. The summed E-state index contributed by atoms with van der Waals surface area (Å²) in [4.78, 5) is 0. The number of rotatable bonds is 28. The van der Waals surface area contributed by atoms with E-state index in [0.29, 0.717) is 0 Å².